The smallest absolute Gasteiger partial charge is 0.195 e. The number of anilines is 1. The van der Waals surface area contributed by atoms with Crippen molar-refractivity contribution in [2.45, 2.75) is 6.92 Å². The van der Waals surface area contributed by atoms with Gasteiger partial charge in [-0.2, -0.15) is 0 Å². The van der Waals surface area contributed by atoms with Gasteiger partial charge in [-0.1, -0.05) is 18.2 Å². The average molecular weight is 282 g/mol. The van der Waals surface area contributed by atoms with Gasteiger partial charge in [0.2, 0.25) is 0 Å². The second-order valence-electron chi connectivity index (χ2n) is 5.17. The normalized spacial score (nSPS) is 11.0. The summed E-state index contributed by atoms with van der Waals surface area (Å²) in [7, 11) is 1.88. The zero-order valence-electron chi connectivity index (χ0n) is 11.9. The molecule has 106 valence electrons. The van der Waals surface area contributed by atoms with E-state index in [4.69, 9.17) is 5.73 Å². The van der Waals surface area contributed by atoms with Crippen LogP contribution >= 0.6 is 0 Å². The zero-order valence-corrected chi connectivity index (χ0v) is 11.9. The van der Waals surface area contributed by atoms with Crippen LogP contribution in [0.15, 0.2) is 42.6 Å². The Labute approximate surface area is 121 Å². The molecule has 1 heterocycles. The molecule has 0 aliphatic carbocycles. The topological polar surface area (TPSA) is 48.0 Å². The van der Waals surface area contributed by atoms with Crippen LogP contribution in [-0.4, -0.2) is 10.4 Å². The van der Waals surface area contributed by atoms with Crippen molar-refractivity contribution < 1.29 is 9.18 Å². The fourth-order valence-corrected chi connectivity index (χ4v) is 2.51. The van der Waals surface area contributed by atoms with E-state index in [1.54, 1.807) is 13.1 Å². The van der Waals surface area contributed by atoms with E-state index in [0.29, 0.717) is 16.8 Å². The predicted molar refractivity (Wildman–Crippen MR) is 81.9 cm³/mol. The van der Waals surface area contributed by atoms with E-state index in [-0.39, 0.29) is 11.3 Å². The maximum absolute atomic E-state index is 13.8. The molecule has 21 heavy (non-hydrogen) atoms. The van der Waals surface area contributed by atoms with E-state index in [1.165, 1.54) is 12.1 Å². The zero-order chi connectivity index (χ0) is 15.1. The molecule has 0 saturated carbocycles. The van der Waals surface area contributed by atoms with Crippen LogP contribution in [0.4, 0.5) is 10.1 Å². The summed E-state index contributed by atoms with van der Waals surface area (Å²) >= 11 is 0. The standard InChI is InChI=1S/C17H15FN2O/c1-10-14(18)7-11(8-15(10)19)17(21)13-9-20(2)16-6-4-3-5-12(13)16/h3-9H,19H2,1-2H3. The lowest BCUT2D eigenvalue weighted by molar-refractivity contribution is 0.103. The van der Waals surface area contributed by atoms with Crippen LogP contribution in [0.1, 0.15) is 21.5 Å². The Morgan fingerprint density at radius 1 is 1.24 bits per heavy atom. The van der Waals surface area contributed by atoms with Crippen molar-refractivity contribution in [2.75, 3.05) is 5.73 Å². The number of carbonyl (C=O) groups excluding carboxylic acids is 1. The third kappa shape index (κ3) is 2.09. The second-order valence-corrected chi connectivity index (χ2v) is 5.17. The van der Waals surface area contributed by atoms with E-state index in [2.05, 4.69) is 0 Å². The van der Waals surface area contributed by atoms with Crippen LogP contribution in [0, 0.1) is 12.7 Å². The SMILES string of the molecule is Cc1c(N)cc(C(=O)c2cn(C)c3ccccc23)cc1F. The molecule has 0 spiro atoms. The van der Waals surface area contributed by atoms with Gasteiger partial charge in [-0.05, 0) is 25.1 Å². The van der Waals surface area contributed by atoms with Crippen molar-refractivity contribution in [2.24, 2.45) is 7.05 Å². The summed E-state index contributed by atoms with van der Waals surface area (Å²) < 4.78 is 15.7. The maximum atomic E-state index is 13.8. The lowest BCUT2D eigenvalue weighted by Crippen LogP contribution is -2.04. The van der Waals surface area contributed by atoms with Crippen molar-refractivity contribution in [3.05, 3.63) is 65.1 Å². The van der Waals surface area contributed by atoms with Crippen molar-refractivity contribution in [3.8, 4) is 0 Å². The predicted octanol–water partition coefficient (Wildman–Crippen LogP) is 3.44. The number of para-hydroxylation sites is 1. The lowest BCUT2D eigenvalue weighted by Gasteiger charge is -2.05. The van der Waals surface area contributed by atoms with Gasteiger partial charge in [0.15, 0.2) is 5.78 Å². The molecule has 0 radical (unpaired) electrons. The molecule has 0 bridgehead atoms. The van der Waals surface area contributed by atoms with Gasteiger partial charge in [0, 0.05) is 46.5 Å². The quantitative estimate of drug-likeness (QED) is 0.578. The summed E-state index contributed by atoms with van der Waals surface area (Å²) in [6.45, 7) is 1.59. The summed E-state index contributed by atoms with van der Waals surface area (Å²) in [5.74, 6) is -0.684. The Morgan fingerprint density at radius 3 is 2.67 bits per heavy atom. The van der Waals surface area contributed by atoms with Crippen LogP contribution in [-0.2, 0) is 7.05 Å². The molecule has 3 aromatic rings. The molecule has 0 unspecified atom stereocenters. The number of halogens is 1. The number of fused-ring (bicyclic) bond motifs is 1. The van der Waals surface area contributed by atoms with E-state index in [9.17, 15) is 9.18 Å². The summed E-state index contributed by atoms with van der Waals surface area (Å²) in [6.07, 6.45) is 1.76. The summed E-state index contributed by atoms with van der Waals surface area (Å²) in [6, 6.07) is 10.4. The molecule has 3 rings (SSSR count). The monoisotopic (exact) mass is 282 g/mol. The van der Waals surface area contributed by atoms with Crippen molar-refractivity contribution in [3.63, 3.8) is 0 Å². The van der Waals surface area contributed by atoms with Gasteiger partial charge in [0.25, 0.3) is 0 Å². The minimum Gasteiger partial charge on any atom is -0.398 e. The number of hydrogen-bond acceptors (Lipinski definition) is 2. The number of hydrogen-bond donors (Lipinski definition) is 1. The van der Waals surface area contributed by atoms with Crippen LogP contribution in [0.2, 0.25) is 0 Å². The van der Waals surface area contributed by atoms with Crippen LogP contribution in [0.3, 0.4) is 0 Å². The molecule has 3 nitrogen and oxygen atoms in total. The molecule has 0 atom stereocenters. The van der Waals surface area contributed by atoms with Crippen LogP contribution in [0.5, 0.6) is 0 Å². The third-order valence-electron chi connectivity index (χ3n) is 3.79. The fraction of sp³-hybridized carbons (Fsp3) is 0.118. The highest BCUT2D eigenvalue weighted by atomic mass is 19.1. The van der Waals surface area contributed by atoms with Gasteiger partial charge in [0.05, 0.1) is 0 Å². The molecule has 1 aromatic heterocycles. The van der Waals surface area contributed by atoms with Crippen molar-refractivity contribution in [1.29, 1.82) is 0 Å². The first kappa shape index (κ1) is 13.4. The third-order valence-corrected chi connectivity index (χ3v) is 3.79. The molecular formula is C17H15FN2O. The number of nitrogens with zero attached hydrogens (tertiary/aromatic N) is 1. The van der Waals surface area contributed by atoms with E-state index >= 15 is 0 Å². The molecule has 2 N–H and O–H groups in total. The Bertz CT molecular complexity index is 841. The van der Waals surface area contributed by atoms with Gasteiger partial charge in [0.1, 0.15) is 5.82 Å². The minimum atomic E-state index is -0.460. The van der Waals surface area contributed by atoms with Gasteiger partial charge in [-0.15, -0.1) is 0 Å². The number of nitrogens with two attached hydrogens (primary N) is 1. The highest BCUT2D eigenvalue weighted by molar-refractivity contribution is 6.16. The first-order valence-electron chi connectivity index (χ1n) is 6.63. The number of aromatic nitrogens is 1. The molecule has 0 saturated heterocycles. The van der Waals surface area contributed by atoms with Crippen molar-refractivity contribution in [1.82, 2.24) is 4.57 Å². The Balaban J connectivity index is 2.17. The molecule has 0 amide bonds. The van der Waals surface area contributed by atoms with Crippen LogP contribution < -0.4 is 5.73 Å². The minimum absolute atomic E-state index is 0.225. The molecule has 4 heteroatoms. The molecule has 0 fully saturated rings. The summed E-state index contributed by atoms with van der Waals surface area (Å²) in [4.78, 5) is 12.7. The lowest BCUT2D eigenvalue weighted by atomic mass is 10.0. The van der Waals surface area contributed by atoms with E-state index in [0.717, 1.165) is 10.9 Å². The first-order chi connectivity index (χ1) is 9.99. The van der Waals surface area contributed by atoms with E-state index < -0.39 is 5.82 Å². The fourth-order valence-electron chi connectivity index (χ4n) is 2.51. The van der Waals surface area contributed by atoms with Crippen LogP contribution in [0.25, 0.3) is 10.9 Å². The number of ketones is 1. The van der Waals surface area contributed by atoms with Crippen molar-refractivity contribution >= 4 is 22.4 Å². The number of benzene rings is 2. The number of carbonyl (C=O) groups is 1. The Hall–Kier alpha value is -2.62. The molecule has 2 aromatic carbocycles. The Morgan fingerprint density at radius 2 is 1.95 bits per heavy atom. The molecule has 0 aliphatic rings. The highest BCUT2D eigenvalue weighted by Crippen LogP contribution is 2.25. The Kier molecular flexibility index (Phi) is 3.01. The summed E-state index contributed by atoms with van der Waals surface area (Å²) in [5.41, 5.74) is 8.19. The molecular weight excluding hydrogens is 267 g/mol. The largest absolute Gasteiger partial charge is 0.398 e. The van der Waals surface area contributed by atoms with E-state index in [1.807, 2.05) is 35.9 Å². The van der Waals surface area contributed by atoms with Gasteiger partial charge < -0.3 is 10.3 Å². The average Bonchev–Trinajstić information content (AvgIpc) is 2.81. The van der Waals surface area contributed by atoms with Gasteiger partial charge >= 0.3 is 0 Å². The summed E-state index contributed by atoms with van der Waals surface area (Å²) in [5, 5.41) is 0.851. The number of aryl methyl sites for hydroxylation is 1. The highest BCUT2D eigenvalue weighted by Gasteiger charge is 2.17. The first-order valence-corrected chi connectivity index (χ1v) is 6.63. The molecule has 0 aliphatic heterocycles. The van der Waals surface area contributed by atoms with Gasteiger partial charge in [-0.3, -0.25) is 4.79 Å². The number of rotatable bonds is 2. The van der Waals surface area contributed by atoms with Gasteiger partial charge in [-0.25, -0.2) is 4.39 Å². The number of nitrogen functional groups attached to an aromatic ring is 1. The maximum Gasteiger partial charge on any atom is 0.195 e. The second kappa shape index (κ2) is 4.74.